The van der Waals surface area contributed by atoms with Gasteiger partial charge in [-0.1, -0.05) is 41.4 Å². The Morgan fingerprint density at radius 1 is 1.08 bits per heavy atom. The maximum atomic E-state index is 11.0. The molecule has 1 fully saturated rings. The van der Waals surface area contributed by atoms with Crippen LogP contribution < -0.4 is 10.6 Å². The average Bonchev–Trinajstić information content (AvgIpc) is 2.50. The lowest BCUT2D eigenvalue weighted by atomic mass is 9.76. The number of hydrogen-bond acceptors (Lipinski definition) is 2. The first kappa shape index (κ1) is 17.3. The van der Waals surface area contributed by atoms with E-state index in [1.54, 1.807) is 0 Å². The number of benzene rings is 2. The summed E-state index contributed by atoms with van der Waals surface area (Å²) in [5, 5.41) is 7.59. The third-order valence-corrected chi connectivity index (χ3v) is 5.16. The molecule has 0 atom stereocenters. The van der Waals surface area contributed by atoms with Gasteiger partial charge >= 0.3 is 0 Å². The summed E-state index contributed by atoms with van der Waals surface area (Å²) < 4.78 is 0. The maximum absolute atomic E-state index is 11.0. The number of carbonyl (C=O) groups excluding carboxylic acids is 1. The van der Waals surface area contributed by atoms with Gasteiger partial charge in [-0.15, -0.1) is 0 Å². The van der Waals surface area contributed by atoms with Crippen molar-refractivity contribution in [2.75, 3.05) is 5.32 Å². The molecular weight excluding hydrogens is 343 g/mol. The number of carbonyl (C=O) groups is 1. The SMILES string of the molecule is CC(=O)Nc1ccc(CNC2CC(c3ccc(Cl)c(Cl)c3)C2)cc1. The van der Waals surface area contributed by atoms with E-state index in [-0.39, 0.29) is 5.91 Å². The van der Waals surface area contributed by atoms with Gasteiger partial charge in [0.1, 0.15) is 0 Å². The van der Waals surface area contributed by atoms with E-state index in [9.17, 15) is 4.79 Å². The summed E-state index contributed by atoms with van der Waals surface area (Å²) in [5.41, 5.74) is 3.30. The van der Waals surface area contributed by atoms with Crippen LogP contribution in [0.2, 0.25) is 10.0 Å². The second-order valence-electron chi connectivity index (χ2n) is 6.30. The van der Waals surface area contributed by atoms with Crippen molar-refractivity contribution in [2.24, 2.45) is 0 Å². The minimum atomic E-state index is -0.0521. The molecular formula is C19H20Cl2N2O. The predicted molar refractivity (Wildman–Crippen MR) is 99.8 cm³/mol. The van der Waals surface area contributed by atoms with Crippen molar-refractivity contribution in [1.29, 1.82) is 0 Å². The molecule has 0 aromatic heterocycles. The summed E-state index contributed by atoms with van der Waals surface area (Å²) in [7, 11) is 0. The molecule has 2 aromatic carbocycles. The van der Waals surface area contributed by atoms with Crippen LogP contribution in [0.3, 0.4) is 0 Å². The van der Waals surface area contributed by atoms with Crippen molar-refractivity contribution >= 4 is 34.8 Å². The molecule has 1 saturated carbocycles. The van der Waals surface area contributed by atoms with E-state index in [2.05, 4.69) is 16.7 Å². The highest BCUT2D eigenvalue weighted by atomic mass is 35.5. The molecule has 0 saturated heterocycles. The molecule has 126 valence electrons. The molecule has 1 amide bonds. The molecule has 2 aromatic rings. The zero-order chi connectivity index (χ0) is 17.1. The van der Waals surface area contributed by atoms with Crippen LogP contribution >= 0.6 is 23.2 Å². The third kappa shape index (κ3) is 4.29. The number of anilines is 1. The van der Waals surface area contributed by atoms with E-state index in [1.807, 2.05) is 36.4 Å². The third-order valence-electron chi connectivity index (χ3n) is 4.42. The Balaban J connectivity index is 1.46. The number of rotatable bonds is 5. The number of halogens is 2. The monoisotopic (exact) mass is 362 g/mol. The van der Waals surface area contributed by atoms with E-state index < -0.39 is 0 Å². The van der Waals surface area contributed by atoms with Crippen LogP contribution in [0.5, 0.6) is 0 Å². The van der Waals surface area contributed by atoms with Crippen molar-refractivity contribution in [3.05, 3.63) is 63.6 Å². The van der Waals surface area contributed by atoms with Gasteiger partial charge in [0.2, 0.25) is 5.91 Å². The Labute approximate surface area is 152 Å². The minimum Gasteiger partial charge on any atom is -0.326 e. The van der Waals surface area contributed by atoms with Crippen LogP contribution in [0.25, 0.3) is 0 Å². The second kappa shape index (κ2) is 7.56. The highest BCUT2D eigenvalue weighted by Crippen LogP contribution is 2.39. The number of nitrogens with one attached hydrogen (secondary N) is 2. The number of amides is 1. The molecule has 5 heteroatoms. The van der Waals surface area contributed by atoms with Crippen LogP contribution in [0.4, 0.5) is 5.69 Å². The standard InChI is InChI=1S/C19H20Cl2N2O/c1-12(24)23-16-5-2-13(3-6-16)11-22-17-8-15(9-17)14-4-7-18(20)19(21)10-14/h2-7,10,15,17,22H,8-9,11H2,1H3,(H,23,24). The van der Waals surface area contributed by atoms with Crippen molar-refractivity contribution in [1.82, 2.24) is 5.32 Å². The minimum absolute atomic E-state index is 0.0521. The van der Waals surface area contributed by atoms with Gasteiger partial charge in [0.15, 0.2) is 0 Å². The fourth-order valence-electron chi connectivity index (χ4n) is 2.99. The van der Waals surface area contributed by atoms with E-state index in [0.29, 0.717) is 22.0 Å². The fraction of sp³-hybridized carbons (Fsp3) is 0.316. The van der Waals surface area contributed by atoms with Crippen molar-refractivity contribution in [3.63, 3.8) is 0 Å². The van der Waals surface area contributed by atoms with Crippen molar-refractivity contribution in [2.45, 2.75) is 38.3 Å². The molecule has 1 aliphatic carbocycles. The zero-order valence-electron chi connectivity index (χ0n) is 13.5. The average molecular weight is 363 g/mol. The van der Waals surface area contributed by atoms with Gasteiger partial charge in [0.05, 0.1) is 10.0 Å². The van der Waals surface area contributed by atoms with E-state index in [4.69, 9.17) is 23.2 Å². The van der Waals surface area contributed by atoms with Crippen molar-refractivity contribution < 1.29 is 4.79 Å². The first-order valence-corrected chi connectivity index (χ1v) is 8.81. The zero-order valence-corrected chi connectivity index (χ0v) is 15.0. The molecule has 24 heavy (non-hydrogen) atoms. The lowest BCUT2D eigenvalue weighted by Crippen LogP contribution is -2.39. The molecule has 0 aliphatic heterocycles. The second-order valence-corrected chi connectivity index (χ2v) is 7.11. The first-order chi connectivity index (χ1) is 11.5. The van der Waals surface area contributed by atoms with Crippen LogP contribution in [0, 0.1) is 0 Å². The van der Waals surface area contributed by atoms with Crippen LogP contribution in [-0.4, -0.2) is 11.9 Å². The van der Waals surface area contributed by atoms with Gasteiger partial charge in [-0.3, -0.25) is 4.79 Å². The lowest BCUT2D eigenvalue weighted by molar-refractivity contribution is -0.114. The lowest BCUT2D eigenvalue weighted by Gasteiger charge is -2.36. The molecule has 0 spiro atoms. The Bertz CT molecular complexity index is 725. The summed E-state index contributed by atoms with van der Waals surface area (Å²) in [6, 6.07) is 14.4. The smallest absolute Gasteiger partial charge is 0.221 e. The van der Waals surface area contributed by atoms with E-state index in [0.717, 1.165) is 25.1 Å². The van der Waals surface area contributed by atoms with E-state index in [1.165, 1.54) is 18.1 Å². The first-order valence-electron chi connectivity index (χ1n) is 8.06. The molecule has 0 bridgehead atoms. The van der Waals surface area contributed by atoms with Crippen LogP contribution in [-0.2, 0) is 11.3 Å². The normalized spacial score (nSPS) is 19.6. The topological polar surface area (TPSA) is 41.1 Å². The van der Waals surface area contributed by atoms with Crippen LogP contribution in [0.1, 0.15) is 36.8 Å². The van der Waals surface area contributed by atoms with Gasteiger partial charge in [-0.2, -0.15) is 0 Å². The molecule has 3 rings (SSSR count). The van der Waals surface area contributed by atoms with Gasteiger partial charge in [-0.05, 0) is 54.2 Å². The highest BCUT2D eigenvalue weighted by Gasteiger charge is 2.30. The van der Waals surface area contributed by atoms with Crippen LogP contribution in [0.15, 0.2) is 42.5 Å². The molecule has 0 radical (unpaired) electrons. The number of hydrogen-bond donors (Lipinski definition) is 2. The molecule has 1 aliphatic rings. The van der Waals surface area contributed by atoms with E-state index >= 15 is 0 Å². The largest absolute Gasteiger partial charge is 0.326 e. The Morgan fingerprint density at radius 3 is 2.42 bits per heavy atom. The Kier molecular flexibility index (Phi) is 5.44. The quantitative estimate of drug-likeness (QED) is 0.786. The van der Waals surface area contributed by atoms with Gasteiger partial charge < -0.3 is 10.6 Å². The van der Waals surface area contributed by atoms with Crippen molar-refractivity contribution in [3.8, 4) is 0 Å². The summed E-state index contributed by atoms with van der Waals surface area (Å²) in [6.07, 6.45) is 2.23. The van der Waals surface area contributed by atoms with Gasteiger partial charge in [-0.25, -0.2) is 0 Å². The molecule has 0 unspecified atom stereocenters. The Morgan fingerprint density at radius 2 is 1.79 bits per heavy atom. The highest BCUT2D eigenvalue weighted by molar-refractivity contribution is 6.42. The predicted octanol–water partition coefficient (Wildman–Crippen LogP) is 4.99. The summed E-state index contributed by atoms with van der Waals surface area (Å²) in [4.78, 5) is 11.0. The molecule has 0 heterocycles. The maximum Gasteiger partial charge on any atom is 0.221 e. The molecule has 3 nitrogen and oxygen atoms in total. The molecule has 2 N–H and O–H groups in total. The van der Waals surface area contributed by atoms with Gasteiger partial charge in [0.25, 0.3) is 0 Å². The summed E-state index contributed by atoms with van der Waals surface area (Å²) in [5.74, 6) is 0.503. The Hall–Kier alpha value is -1.55. The van der Waals surface area contributed by atoms with Gasteiger partial charge in [0, 0.05) is 25.2 Å². The summed E-state index contributed by atoms with van der Waals surface area (Å²) in [6.45, 7) is 2.34. The summed E-state index contributed by atoms with van der Waals surface area (Å²) >= 11 is 12.1. The fourth-order valence-corrected chi connectivity index (χ4v) is 3.30.